The molecule has 0 amide bonds. The zero-order valence-electron chi connectivity index (χ0n) is 48.4. The second kappa shape index (κ2) is 23.7. The van der Waals surface area contributed by atoms with Crippen LogP contribution in [0.25, 0.3) is 83.1 Å². The molecule has 0 aliphatic carbocycles. The van der Waals surface area contributed by atoms with Crippen molar-refractivity contribution in [1.82, 2.24) is 4.57 Å². The van der Waals surface area contributed by atoms with Crippen LogP contribution in [0.4, 0.5) is 51.2 Å². The van der Waals surface area contributed by atoms with Gasteiger partial charge < -0.3 is 19.3 Å². The van der Waals surface area contributed by atoms with Gasteiger partial charge in [0.25, 0.3) is 0 Å². The molecule has 0 aliphatic rings. The number of nitrogens with zero attached hydrogens (tertiary/aromatic N) is 4. The predicted molar refractivity (Wildman–Crippen MR) is 372 cm³/mol. The minimum Gasteiger partial charge on any atom is -0.310 e. The first-order valence-electron chi connectivity index (χ1n) is 30.1. The zero-order chi connectivity index (χ0) is 58.6. The van der Waals surface area contributed by atoms with Gasteiger partial charge in [0.05, 0.1) is 11.0 Å². The molecule has 1 aromatic heterocycles. The van der Waals surface area contributed by atoms with E-state index in [0.717, 1.165) is 95.8 Å². The van der Waals surface area contributed by atoms with Gasteiger partial charge in [-0.3, -0.25) is 0 Å². The van der Waals surface area contributed by atoms with Gasteiger partial charge in [-0.05, 0) is 189 Å². The number of aromatic nitrogens is 1. The Kier molecular flexibility index (Phi) is 14.3. The Bertz CT molecular complexity index is 4600. The zero-order valence-corrected chi connectivity index (χ0v) is 48.4. The third kappa shape index (κ3) is 10.4. The number of anilines is 9. The molecule has 0 fully saturated rings. The van der Waals surface area contributed by atoms with Crippen LogP contribution in [0.1, 0.15) is 0 Å². The predicted octanol–water partition coefficient (Wildman–Crippen LogP) is 23.5. The molecule has 88 heavy (non-hydrogen) atoms. The lowest BCUT2D eigenvalue weighted by Gasteiger charge is -2.31. The Labute approximate surface area is 514 Å². The van der Waals surface area contributed by atoms with Crippen molar-refractivity contribution in [1.29, 1.82) is 0 Å². The normalized spacial score (nSPS) is 11.2. The number of benzene rings is 14. The molecule has 1 heterocycles. The summed E-state index contributed by atoms with van der Waals surface area (Å²) in [6.45, 7) is 0. The highest BCUT2D eigenvalue weighted by molar-refractivity contribution is 6.11. The monoisotopic (exact) mass is 1120 g/mol. The Morgan fingerprint density at radius 1 is 0.182 bits per heavy atom. The van der Waals surface area contributed by atoms with Gasteiger partial charge in [0, 0.05) is 67.6 Å². The van der Waals surface area contributed by atoms with Crippen LogP contribution in [0.15, 0.2) is 364 Å². The quantitative estimate of drug-likeness (QED) is 0.102. The summed E-state index contributed by atoms with van der Waals surface area (Å²) in [4.78, 5) is 7.16. The van der Waals surface area contributed by atoms with E-state index in [2.05, 4.69) is 383 Å². The van der Waals surface area contributed by atoms with Gasteiger partial charge in [0.15, 0.2) is 0 Å². The smallest absolute Gasteiger partial charge is 0.0541 e. The maximum Gasteiger partial charge on any atom is 0.0541 e. The van der Waals surface area contributed by atoms with Crippen molar-refractivity contribution < 1.29 is 0 Å². The molecule has 4 heteroatoms. The van der Waals surface area contributed by atoms with Crippen molar-refractivity contribution in [2.75, 3.05) is 14.7 Å². The maximum absolute atomic E-state index is 2.42. The van der Waals surface area contributed by atoms with E-state index in [-0.39, 0.29) is 0 Å². The summed E-state index contributed by atoms with van der Waals surface area (Å²) in [5.74, 6) is 0. The summed E-state index contributed by atoms with van der Waals surface area (Å²) >= 11 is 0. The number of fused-ring (bicyclic) bond motifs is 3. The second-order valence-electron chi connectivity index (χ2n) is 22.1. The molecule has 0 spiro atoms. The lowest BCUT2D eigenvalue weighted by molar-refractivity contribution is 1.18. The Morgan fingerprint density at radius 3 is 1.00 bits per heavy atom. The highest BCUT2D eigenvalue weighted by atomic mass is 15.2. The maximum atomic E-state index is 2.42. The van der Waals surface area contributed by atoms with Crippen LogP contribution < -0.4 is 14.7 Å². The standard InChI is InChI=1S/C84H60N4/c1-8-26-61(27-9-1)63-46-51-73(52-47-63)85(74-53-48-64(49-54-74)62-28-10-2-11-29-62)75-41-24-30-65(56-75)78-43-25-44-79(66-50-55-83-81(59-66)80-42-22-23-45-82(80)88(83)72-39-20-7-21-40-72)84(78)67-57-76(86(68-31-12-3-13-32-68)69-33-14-4-15-34-69)60-77(58-67)87(70-35-16-5-17-36-70)71-37-18-6-19-38-71/h1-60H. The molecule has 15 aromatic rings. The highest BCUT2D eigenvalue weighted by Gasteiger charge is 2.24. The van der Waals surface area contributed by atoms with Crippen molar-refractivity contribution in [2.45, 2.75) is 0 Å². The minimum atomic E-state index is 1.02. The van der Waals surface area contributed by atoms with Crippen molar-refractivity contribution in [3.8, 4) is 61.3 Å². The van der Waals surface area contributed by atoms with E-state index >= 15 is 0 Å². The molecule has 0 aliphatic heterocycles. The molecule has 0 saturated carbocycles. The van der Waals surface area contributed by atoms with Crippen LogP contribution >= 0.6 is 0 Å². The third-order valence-corrected chi connectivity index (χ3v) is 16.7. The van der Waals surface area contributed by atoms with Crippen LogP contribution in [0.3, 0.4) is 0 Å². The molecule has 14 aromatic carbocycles. The molecular weight excluding hydrogens is 1060 g/mol. The average Bonchev–Trinajstić information content (AvgIpc) is 1.57. The van der Waals surface area contributed by atoms with Crippen LogP contribution in [-0.4, -0.2) is 4.57 Å². The van der Waals surface area contributed by atoms with E-state index in [1.165, 1.54) is 38.5 Å². The largest absolute Gasteiger partial charge is 0.310 e. The van der Waals surface area contributed by atoms with Crippen molar-refractivity contribution in [3.05, 3.63) is 364 Å². The first-order chi connectivity index (χ1) is 43.7. The Balaban J connectivity index is 0.987. The van der Waals surface area contributed by atoms with E-state index in [4.69, 9.17) is 0 Å². The van der Waals surface area contributed by atoms with Crippen LogP contribution in [0.5, 0.6) is 0 Å². The lowest BCUT2D eigenvalue weighted by Crippen LogP contribution is -2.13. The molecule has 0 radical (unpaired) electrons. The Morgan fingerprint density at radius 2 is 0.511 bits per heavy atom. The summed E-state index contributed by atoms with van der Waals surface area (Å²) in [7, 11) is 0. The summed E-state index contributed by atoms with van der Waals surface area (Å²) in [6, 6.07) is 132. The first kappa shape index (κ1) is 53.0. The molecule has 0 saturated heterocycles. The van der Waals surface area contributed by atoms with Gasteiger partial charge in [0.2, 0.25) is 0 Å². The van der Waals surface area contributed by atoms with Gasteiger partial charge in [-0.25, -0.2) is 0 Å². The van der Waals surface area contributed by atoms with Gasteiger partial charge >= 0.3 is 0 Å². The van der Waals surface area contributed by atoms with E-state index in [0.29, 0.717) is 0 Å². The van der Waals surface area contributed by atoms with Crippen LogP contribution in [0.2, 0.25) is 0 Å². The lowest BCUT2D eigenvalue weighted by atomic mass is 9.86. The summed E-state index contributed by atoms with van der Waals surface area (Å²) in [6.07, 6.45) is 0. The molecular formula is C84H60N4. The summed E-state index contributed by atoms with van der Waals surface area (Å²) < 4.78 is 2.40. The summed E-state index contributed by atoms with van der Waals surface area (Å²) in [5, 5.41) is 2.39. The van der Waals surface area contributed by atoms with Gasteiger partial charge in [-0.2, -0.15) is 0 Å². The average molecular weight is 1130 g/mol. The molecule has 0 atom stereocenters. The minimum absolute atomic E-state index is 1.02. The van der Waals surface area contributed by atoms with Crippen LogP contribution in [-0.2, 0) is 0 Å². The summed E-state index contributed by atoms with van der Waals surface area (Å²) in [5.41, 5.74) is 24.1. The number of hydrogen-bond acceptors (Lipinski definition) is 3. The molecule has 416 valence electrons. The highest BCUT2D eigenvalue weighted by Crippen LogP contribution is 2.49. The SMILES string of the molecule is c1ccc(-c2ccc(N(c3ccc(-c4ccccc4)cc3)c3cccc(-c4cccc(-c5ccc6c(c5)c5ccccc5n6-c5ccccc5)c4-c4cc(N(c5ccccc5)c5ccccc5)cc(N(c5ccccc5)c5ccccc5)c4)c3)cc2)cc1. The molecule has 4 nitrogen and oxygen atoms in total. The van der Waals surface area contributed by atoms with Crippen molar-refractivity contribution in [2.24, 2.45) is 0 Å². The number of hydrogen-bond donors (Lipinski definition) is 0. The fraction of sp³-hybridized carbons (Fsp3) is 0. The molecule has 0 unspecified atom stereocenters. The topological polar surface area (TPSA) is 14.7 Å². The fourth-order valence-corrected chi connectivity index (χ4v) is 12.7. The molecule has 0 bridgehead atoms. The van der Waals surface area contributed by atoms with Gasteiger partial charge in [-0.15, -0.1) is 0 Å². The van der Waals surface area contributed by atoms with Crippen molar-refractivity contribution >= 4 is 73.0 Å². The van der Waals surface area contributed by atoms with E-state index in [1.807, 2.05) is 0 Å². The van der Waals surface area contributed by atoms with Crippen LogP contribution in [0, 0.1) is 0 Å². The van der Waals surface area contributed by atoms with E-state index < -0.39 is 0 Å². The number of para-hydroxylation sites is 6. The van der Waals surface area contributed by atoms with Crippen molar-refractivity contribution in [3.63, 3.8) is 0 Å². The fourth-order valence-electron chi connectivity index (χ4n) is 12.7. The third-order valence-electron chi connectivity index (χ3n) is 16.7. The van der Waals surface area contributed by atoms with E-state index in [1.54, 1.807) is 0 Å². The number of rotatable bonds is 15. The van der Waals surface area contributed by atoms with E-state index in [9.17, 15) is 0 Å². The second-order valence-corrected chi connectivity index (χ2v) is 22.1. The first-order valence-corrected chi connectivity index (χ1v) is 30.1. The molecule has 0 N–H and O–H groups in total. The molecule has 15 rings (SSSR count). The Hall–Kier alpha value is -11.7. The van der Waals surface area contributed by atoms with Gasteiger partial charge in [-0.1, -0.05) is 231 Å². The van der Waals surface area contributed by atoms with Gasteiger partial charge in [0.1, 0.15) is 0 Å².